The van der Waals surface area contributed by atoms with Crippen LogP contribution in [0.4, 0.5) is 5.69 Å². The van der Waals surface area contributed by atoms with Crippen molar-refractivity contribution in [3.05, 3.63) is 82.1 Å². The lowest BCUT2D eigenvalue weighted by Crippen LogP contribution is -2.33. The number of hydrogen-bond donors (Lipinski definition) is 2. The number of thioether (sulfide) groups is 1. The Kier molecular flexibility index (Phi) is 9.37. The van der Waals surface area contributed by atoms with E-state index < -0.39 is 0 Å². The molecule has 184 valence electrons. The van der Waals surface area contributed by atoms with Crippen molar-refractivity contribution in [3.63, 3.8) is 0 Å². The van der Waals surface area contributed by atoms with Crippen molar-refractivity contribution in [2.75, 3.05) is 11.1 Å². The molecule has 2 aromatic carbocycles. The van der Waals surface area contributed by atoms with Crippen LogP contribution in [0.15, 0.2) is 60.3 Å². The van der Waals surface area contributed by atoms with Crippen LogP contribution in [-0.4, -0.2) is 32.3 Å². The maximum Gasteiger partial charge on any atom is 0.251 e. The highest BCUT2D eigenvalue weighted by Gasteiger charge is 2.26. The van der Waals surface area contributed by atoms with Gasteiger partial charge in [0.25, 0.3) is 5.91 Å². The first-order chi connectivity index (χ1) is 16.7. The number of anilines is 1. The molecule has 3 rings (SSSR count). The van der Waals surface area contributed by atoms with Crippen LogP contribution in [-0.2, 0) is 11.3 Å². The fourth-order valence-electron chi connectivity index (χ4n) is 3.31. The van der Waals surface area contributed by atoms with E-state index in [4.69, 9.17) is 23.2 Å². The molecule has 7 nitrogen and oxygen atoms in total. The average Bonchev–Trinajstić information content (AvgIpc) is 3.21. The van der Waals surface area contributed by atoms with Gasteiger partial charge in [0.1, 0.15) is 0 Å². The van der Waals surface area contributed by atoms with Crippen molar-refractivity contribution in [1.82, 2.24) is 20.1 Å². The molecule has 2 N–H and O–H groups in total. The van der Waals surface area contributed by atoms with E-state index >= 15 is 0 Å². The minimum absolute atomic E-state index is 0.0447. The summed E-state index contributed by atoms with van der Waals surface area (Å²) < 4.78 is 1.86. The molecule has 0 bridgehead atoms. The summed E-state index contributed by atoms with van der Waals surface area (Å²) in [4.78, 5) is 25.4. The lowest BCUT2D eigenvalue weighted by molar-refractivity contribution is -0.113. The summed E-state index contributed by atoms with van der Waals surface area (Å²) in [5.74, 6) is 0.274. The van der Waals surface area contributed by atoms with E-state index in [0.29, 0.717) is 38.8 Å². The van der Waals surface area contributed by atoms with Crippen LogP contribution < -0.4 is 10.6 Å². The van der Waals surface area contributed by atoms with E-state index in [2.05, 4.69) is 27.4 Å². The van der Waals surface area contributed by atoms with Crippen molar-refractivity contribution in [2.45, 2.75) is 38.5 Å². The predicted octanol–water partition coefficient (Wildman–Crippen LogP) is 5.94. The molecule has 2 amide bonds. The number of aryl methyl sites for hydroxylation is 1. The fourth-order valence-corrected chi connectivity index (χ4v) is 4.40. The predicted molar refractivity (Wildman–Crippen MR) is 142 cm³/mol. The van der Waals surface area contributed by atoms with Crippen molar-refractivity contribution in [1.29, 1.82) is 0 Å². The van der Waals surface area contributed by atoms with Gasteiger partial charge in [-0.05, 0) is 43.2 Å². The summed E-state index contributed by atoms with van der Waals surface area (Å²) in [7, 11) is 0. The van der Waals surface area contributed by atoms with Gasteiger partial charge in [0, 0.05) is 17.1 Å². The minimum atomic E-state index is -0.385. The number of amides is 2. The molecule has 0 fully saturated rings. The van der Waals surface area contributed by atoms with Crippen molar-refractivity contribution in [2.24, 2.45) is 5.92 Å². The quantitative estimate of drug-likeness (QED) is 0.249. The van der Waals surface area contributed by atoms with Crippen LogP contribution in [0.3, 0.4) is 0 Å². The number of rotatable bonds is 10. The Bertz CT molecular complexity index is 1210. The highest BCUT2D eigenvalue weighted by Crippen LogP contribution is 2.28. The maximum atomic E-state index is 12.9. The second-order valence-corrected chi connectivity index (χ2v) is 10.0. The van der Waals surface area contributed by atoms with Crippen molar-refractivity contribution < 1.29 is 9.59 Å². The van der Waals surface area contributed by atoms with Crippen LogP contribution >= 0.6 is 35.0 Å². The van der Waals surface area contributed by atoms with Crippen LogP contribution in [0.5, 0.6) is 0 Å². The minimum Gasteiger partial charge on any atom is -0.342 e. The molecular formula is C25H27Cl2N5O2S. The van der Waals surface area contributed by atoms with Gasteiger partial charge >= 0.3 is 0 Å². The maximum absolute atomic E-state index is 12.9. The third-order valence-corrected chi connectivity index (χ3v) is 6.67. The average molecular weight is 532 g/mol. The molecule has 0 radical (unpaired) electrons. The van der Waals surface area contributed by atoms with Gasteiger partial charge in [-0.2, -0.15) is 0 Å². The lowest BCUT2D eigenvalue weighted by atomic mass is 10.0. The van der Waals surface area contributed by atoms with Crippen molar-refractivity contribution in [3.8, 4) is 0 Å². The van der Waals surface area contributed by atoms with Crippen LogP contribution in [0.1, 0.15) is 41.6 Å². The normalized spacial score (nSPS) is 11.8. The second-order valence-electron chi connectivity index (χ2n) is 8.26. The van der Waals surface area contributed by atoms with E-state index in [-0.39, 0.29) is 29.5 Å². The first-order valence-corrected chi connectivity index (χ1v) is 12.7. The van der Waals surface area contributed by atoms with Gasteiger partial charge < -0.3 is 15.2 Å². The first kappa shape index (κ1) is 26.8. The number of carbonyl (C=O) groups excluding carboxylic acids is 2. The molecule has 35 heavy (non-hydrogen) atoms. The smallest absolute Gasteiger partial charge is 0.251 e. The van der Waals surface area contributed by atoms with Crippen LogP contribution in [0.2, 0.25) is 10.0 Å². The van der Waals surface area contributed by atoms with Gasteiger partial charge in [-0.25, -0.2) is 0 Å². The van der Waals surface area contributed by atoms with E-state index in [0.717, 1.165) is 5.56 Å². The largest absolute Gasteiger partial charge is 0.342 e. The van der Waals surface area contributed by atoms with Crippen molar-refractivity contribution >= 4 is 52.5 Å². The number of carbonyl (C=O) groups is 2. The Hall–Kier alpha value is -2.81. The molecule has 3 aromatic rings. The first-order valence-electron chi connectivity index (χ1n) is 11.0. The summed E-state index contributed by atoms with van der Waals surface area (Å²) in [5.41, 5.74) is 2.09. The van der Waals surface area contributed by atoms with Gasteiger partial charge in [0.05, 0.1) is 22.5 Å². The van der Waals surface area contributed by atoms with Gasteiger partial charge in [0.2, 0.25) is 5.91 Å². The molecule has 0 aliphatic rings. The summed E-state index contributed by atoms with van der Waals surface area (Å²) >= 11 is 13.4. The number of benzene rings is 2. The van der Waals surface area contributed by atoms with Gasteiger partial charge in [-0.15, -0.1) is 16.8 Å². The number of aromatic nitrogens is 3. The molecule has 1 aromatic heterocycles. The van der Waals surface area contributed by atoms with Crippen LogP contribution in [0, 0.1) is 12.8 Å². The van der Waals surface area contributed by atoms with E-state index in [1.807, 2.05) is 37.5 Å². The fraction of sp³-hybridized carbons (Fsp3) is 0.280. The second kappa shape index (κ2) is 12.2. The topological polar surface area (TPSA) is 88.9 Å². The zero-order valence-corrected chi connectivity index (χ0v) is 22.0. The molecular weight excluding hydrogens is 505 g/mol. The number of nitrogens with one attached hydrogen (secondary N) is 2. The van der Waals surface area contributed by atoms with E-state index in [9.17, 15) is 9.59 Å². The number of nitrogens with zero attached hydrogens (tertiary/aromatic N) is 3. The number of allylic oxidation sites excluding steroid dienone is 1. The van der Waals surface area contributed by atoms with E-state index in [1.165, 1.54) is 11.8 Å². The third-order valence-electron chi connectivity index (χ3n) is 5.14. The van der Waals surface area contributed by atoms with Gasteiger partial charge in [-0.3, -0.25) is 9.59 Å². The molecule has 1 heterocycles. The van der Waals surface area contributed by atoms with Gasteiger partial charge in [0.15, 0.2) is 11.0 Å². The summed E-state index contributed by atoms with van der Waals surface area (Å²) in [6.07, 6.45) is 1.72. The molecule has 0 spiro atoms. The SMILES string of the molecule is C=CCn1c(SCC(=O)Nc2cc(Cl)ccc2Cl)nnc1[C@@H](NC(=O)c1ccc(C)cc1)C(C)C. The molecule has 0 saturated heterocycles. The highest BCUT2D eigenvalue weighted by molar-refractivity contribution is 7.99. The van der Waals surface area contributed by atoms with E-state index in [1.54, 1.807) is 36.4 Å². The Morgan fingerprint density at radius 1 is 1.14 bits per heavy atom. The summed E-state index contributed by atoms with van der Waals surface area (Å²) in [5, 5.41) is 15.9. The summed E-state index contributed by atoms with van der Waals surface area (Å²) in [6, 6.07) is 11.9. The Balaban J connectivity index is 1.75. The summed E-state index contributed by atoms with van der Waals surface area (Å²) in [6.45, 7) is 10.2. The highest BCUT2D eigenvalue weighted by atomic mass is 35.5. The standard InChI is InChI=1S/C25H27Cl2N5O2S/c1-5-12-32-23(22(15(2)3)29-24(34)17-8-6-16(4)7-9-17)30-31-25(32)35-14-21(33)28-20-13-18(26)10-11-19(20)27/h5-11,13,15,22H,1,12,14H2,2-4H3,(H,28,33)(H,29,34)/t22-/m0/s1. The van der Waals surface area contributed by atoms with Gasteiger partial charge in [-0.1, -0.05) is 72.6 Å². The molecule has 0 saturated carbocycles. The number of halogens is 2. The Labute approximate surface area is 219 Å². The molecule has 0 aliphatic heterocycles. The monoisotopic (exact) mass is 531 g/mol. The Morgan fingerprint density at radius 2 is 1.86 bits per heavy atom. The Morgan fingerprint density at radius 3 is 2.51 bits per heavy atom. The lowest BCUT2D eigenvalue weighted by Gasteiger charge is -2.22. The molecule has 0 unspecified atom stereocenters. The van der Waals surface area contributed by atoms with Crippen LogP contribution in [0.25, 0.3) is 0 Å². The molecule has 10 heteroatoms. The zero-order valence-electron chi connectivity index (χ0n) is 19.7. The number of hydrogen-bond acceptors (Lipinski definition) is 5. The molecule has 0 aliphatic carbocycles. The third kappa shape index (κ3) is 7.10. The molecule has 1 atom stereocenters. The zero-order chi connectivity index (χ0) is 25.5.